The second-order valence-electron chi connectivity index (χ2n) is 11.8. The Morgan fingerprint density at radius 2 is 1.57 bits per heavy atom. The average molecular weight is 626 g/mol. The quantitative estimate of drug-likeness (QED) is 0.219. The number of amides is 3. The summed E-state index contributed by atoms with van der Waals surface area (Å²) in [6, 6.07) is 20.4. The Balaban J connectivity index is 1.13. The number of carbonyl (C=O) groups excluding carboxylic acids is 2. The summed E-state index contributed by atoms with van der Waals surface area (Å²) in [6.45, 7) is 1.06. The summed E-state index contributed by atoms with van der Waals surface area (Å²) in [5.41, 5.74) is 11.9. The molecule has 1 fully saturated rings. The number of nitrogens with one attached hydrogen (secondary N) is 1. The van der Waals surface area contributed by atoms with Crippen molar-refractivity contribution in [1.82, 2.24) is 20.1 Å². The standard InChI is InChI=1S/C35H30F3N5O3/c36-28-7-5-22(6-8-28)30-15-24(21-1-3-23(4-2-21)33(44)42-11-9-35(37,38)10-12-42)13-25-14-29(46-32(25)30)18-41-34(45)43-19-26-16-31(39)40-17-27(26)20-43/h1-8,13-17H,9-12,18-20H2,(H2,39,40)(H,41,45). The van der Waals surface area contributed by atoms with Gasteiger partial charge in [-0.2, -0.15) is 0 Å². The van der Waals surface area contributed by atoms with Gasteiger partial charge in [0.2, 0.25) is 0 Å². The smallest absolute Gasteiger partial charge is 0.318 e. The lowest BCUT2D eigenvalue weighted by Gasteiger charge is -2.31. The van der Waals surface area contributed by atoms with E-state index in [1.54, 1.807) is 41.4 Å². The van der Waals surface area contributed by atoms with Crippen molar-refractivity contribution >= 4 is 28.7 Å². The summed E-state index contributed by atoms with van der Waals surface area (Å²) in [4.78, 5) is 33.2. The molecule has 2 aliphatic rings. The van der Waals surface area contributed by atoms with Gasteiger partial charge in [0.05, 0.1) is 6.54 Å². The number of piperidine rings is 1. The Bertz CT molecular complexity index is 1950. The summed E-state index contributed by atoms with van der Waals surface area (Å²) in [6.07, 6.45) is 1.02. The molecule has 0 radical (unpaired) electrons. The van der Waals surface area contributed by atoms with Gasteiger partial charge in [0, 0.05) is 61.7 Å². The number of benzene rings is 3. The van der Waals surface area contributed by atoms with Gasteiger partial charge < -0.3 is 25.3 Å². The predicted molar refractivity (Wildman–Crippen MR) is 167 cm³/mol. The van der Waals surface area contributed by atoms with Crippen LogP contribution in [0.1, 0.15) is 40.1 Å². The number of nitrogens with two attached hydrogens (primary N) is 1. The summed E-state index contributed by atoms with van der Waals surface area (Å²) in [5.74, 6) is -2.41. The van der Waals surface area contributed by atoms with Gasteiger partial charge in [-0.05, 0) is 76.3 Å². The first-order valence-electron chi connectivity index (χ1n) is 15.0. The Labute approximate surface area is 262 Å². The van der Waals surface area contributed by atoms with E-state index in [1.165, 1.54) is 17.0 Å². The third-order valence-electron chi connectivity index (χ3n) is 8.60. The predicted octanol–water partition coefficient (Wildman–Crippen LogP) is 6.98. The maximum atomic E-state index is 13.8. The highest BCUT2D eigenvalue weighted by atomic mass is 19.3. The van der Waals surface area contributed by atoms with E-state index < -0.39 is 5.92 Å². The number of alkyl halides is 2. The molecule has 0 aliphatic carbocycles. The van der Waals surface area contributed by atoms with Crippen LogP contribution in [-0.4, -0.2) is 45.7 Å². The van der Waals surface area contributed by atoms with Crippen molar-refractivity contribution in [3.05, 3.63) is 107 Å². The van der Waals surface area contributed by atoms with Crippen LogP contribution in [0.4, 0.5) is 23.8 Å². The van der Waals surface area contributed by atoms with Crippen LogP contribution in [0.15, 0.2) is 83.4 Å². The number of nitrogen functional groups attached to an aromatic ring is 1. The molecule has 11 heteroatoms. The molecule has 1 saturated heterocycles. The maximum absolute atomic E-state index is 13.8. The second kappa shape index (κ2) is 11.6. The molecule has 0 unspecified atom stereocenters. The van der Waals surface area contributed by atoms with Crippen LogP contribution in [0, 0.1) is 5.82 Å². The molecule has 5 aromatic rings. The van der Waals surface area contributed by atoms with Crippen molar-refractivity contribution in [2.24, 2.45) is 0 Å². The van der Waals surface area contributed by atoms with E-state index in [-0.39, 0.29) is 50.2 Å². The number of hydrogen-bond donors (Lipinski definition) is 2. The van der Waals surface area contributed by atoms with Crippen LogP contribution in [0.2, 0.25) is 0 Å². The minimum Gasteiger partial charge on any atom is -0.459 e. The van der Waals surface area contributed by atoms with E-state index in [0.717, 1.165) is 38.8 Å². The average Bonchev–Trinajstić information content (AvgIpc) is 3.67. The van der Waals surface area contributed by atoms with Gasteiger partial charge in [0.25, 0.3) is 11.8 Å². The van der Waals surface area contributed by atoms with Crippen molar-refractivity contribution in [1.29, 1.82) is 0 Å². The number of furan rings is 1. The number of pyridine rings is 1. The van der Waals surface area contributed by atoms with Crippen LogP contribution >= 0.6 is 0 Å². The molecule has 46 heavy (non-hydrogen) atoms. The normalized spacial score (nSPS) is 15.6. The van der Waals surface area contributed by atoms with Crippen molar-refractivity contribution in [2.45, 2.75) is 38.4 Å². The van der Waals surface area contributed by atoms with Gasteiger partial charge in [0.1, 0.15) is 23.0 Å². The Morgan fingerprint density at radius 1 is 0.870 bits per heavy atom. The van der Waals surface area contributed by atoms with Gasteiger partial charge in [-0.25, -0.2) is 22.9 Å². The number of hydrogen-bond acceptors (Lipinski definition) is 5. The molecule has 3 aromatic carbocycles. The zero-order valence-corrected chi connectivity index (χ0v) is 24.7. The van der Waals surface area contributed by atoms with Crippen molar-refractivity contribution in [3.8, 4) is 22.3 Å². The number of rotatable bonds is 5. The number of anilines is 1. The van der Waals surface area contributed by atoms with Gasteiger partial charge in [-0.3, -0.25) is 4.79 Å². The van der Waals surface area contributed by atoms with Crippen LogP contribution in [0.5, 0.6) is 0 Å². The van der Waals surface area contributed by atoms with E-state index in [9.17, 15) is 22.8 Å². The van der Waals surface area contributed by atoms with Gasteiger partial charge in [-0.15, -0.1) is 0 Å². The highest BCUT2D eigenvalue weighted by Gasteiger charge is 2.35. The molecule has 7 rings (SSSR count). The fraction of sp³-hybridized carbons (Fsp3) is 0.229. The molecular weight excluding hydrogens is 595 g/mol. The van der Waals surface area contributed by atoms with Crippen LogP contribution in [0.3, 0.4) is 0 Å². The summed E-state index contributed by atoms with van der Waals surface area (Å²) in [5, 5.41) is 3.71. The molecule has 3 N–H and O–H groups in total. The molecule has 234 valence electrons. The first-order chi connectivity index (χ1) is 22.1. The first kappa shape index (κ1) is 29.4. The van der Waals surface area contributed by atoms with Crippen LogP contribution in [0.25, 0.3) is 33.2 Å². The number of fused-ring (bicyclic) bond motifs is 2. The lowest BCUT2D eigenvalue weighted by Crippen LogP contribution is -2.42. The number of carbonyl (C=O) groups is 2. The molecule has 4 heterocycles. The third kappa shape index (κ3) is 5.88. The van der Waals surface area contributed by atoms with E-state index in [2.05, 4.69) is 10.3 Å². The SMILES string of the molecule is Nc1cc2c(cn1)CN(C(=O)NCc1cc3cc(-c4ccc(C(=O)N5CCC(F)(F)CC5)cc4)cc(-c4ccc(F)cc4)c3o1)C2. The molecule has 2 aromatic heterocycles. The highest BCUT2D eigenvalue weighted by molar-refractivity contribution is 5.98. The van der Waals surface area contributed by atoms with E-state index >= 15 is 0 Å². The molecule has 0 saturated carbocycles. The molecule has 3 amide bonds. The lowest BCUT2D eigenvalue weighted by molar-refractivity contribution is -0.0494. The number of aromatic nitrogens is 1. The number of nitrogens with zero attached hydrogens (tertiary/aromatic N) is 3. The van der Waals surface area contributed by atoms with Gasteiger partial charge in [-0.1, -0.05) is 24.3 Å². The Hall–Kier alpha value is -5.32. The summed E-state index contributed by atoms with van der Waals surface area (Å²) in [7, 11) is 0. The minimum atomic E-state index is -2.73. The molecule has 0 spiro atoms. The van der Waals surface area contributed by atoms with Crippen molar-refractivity contribution < 1.29 is 27.2 Å². The Kier molecular flexibility index (Phi) is 7.38. The molecule has 0 atom stereocenters. The number of halogens is 3. The highest BCUT2D eigenvalue weighted by Crippen LogP contribution is 2.37. The maximum Gasteiger partial charge on any atom is 0.318 e. The number of urea groups is 1. The fourth-order valence-corrected chi connectivity index (χ4v) is 6.05. The number of likely N-dealkylation sites (tertiary alicyclic amines) is 1. The summed E-state index contributed by atoms with van der Waals surface area (Å²) >= 11 is 0. The lowest BCUT2D eigenvalue weighted by atomic mass is 9.96. The largest absolute Gasteiger partial charge is 0.459 e. The molecule has 2 aliphatic heterocycles. The second-order valence-corrected chi connectivity index (χ2v) is 11.8. The van der Waals surface area contributed by atoms with E-state index in [1.807, 2.05) is 30.3 Å². The minimum absolute atomic E-state index is 0.0207. The monoisotopic (exact) mass is 625 g/mol. The summed E-state index contributed by atoms with van der Waals surface area (Å²) < 4.78 is 47.2. The van der Waals surface area contributed by atoms with Gasteiger partial charge in [0.15, 0.2) is 0 Å². The molecule has 0 bridgehead atoms. The first-order valence-corrected chi connectivity index (χ1v) is 15.0. The fourth-order valence-electron chi connectivity index (χ4n) is 6.05. The topological polar surface area (TPSA) is 105 Å². The van der Waals surface area contributed by atoms with Crippen LogP contribution < -0.4 is 11.1 Å². The zero-order valence-electron chi connectivity index (χ0n) is 24.7. The van der Waals surface area contributed by atoms with Gasteiger partial charge >= 0.3 is 6.03 Å². The zero-order chi connectivity index (χ0) is 32.0. The van der Waals surface area contributed by atoms with Crippen molar-refractivity contribution in [3.63, 3.8) is 0 Å². The van der Waals surface area contributed by atoms with E-state index in [0.29, 0.717) is 35.8 Å². The molecular formula is C35H30F3N5O3. The van der Waals surface area contributed by atoms with E-state index in [4.69, 9.17) is 10.2 Å². The third-order valence-corrected chi connectivity index (χ3v) is 8.60. The van der Waals surface area contributed by atoms with Crippen LogP contribution in [-0.2, 0) is 19.6 Å². The Morgan fingerprint density at radius 3 is 2.30 bits per heavy atom. The molecule has 8 nitrogen and oxygen atoms in total. The van der Waals surface area contributed by atoms with Crippen molar-refractivity contribution in [2.75, 3.05) is 18.8 Å².